The Hall–Kier alpha value is -1.56. The maximum Gasteiger partial charge on any atom is 0.264 e. The van der Waals surface area contributed by atoms with Gasteiger partial charge in [0, 0.05) is 17.1 Å². The molecule has 0 saturated heterocycles. The second-order valence-corrected chi connectivity index (χ2v) is 7.70. The van der Waals surface area contributed by atoms with E-state index in [9.17, 15) is 13.5 Å². The van der Waals surface area contributed by atoms with Crippen molar-refractivity contribution >= 4 is 27.3 Å². The molecule has 0 aliphatic carbocycles. The molecule has 0 radical (unpaired) electrons. The van der Waals surface area contributed by atoms with Crippen molar-refractivity contribution in [2.75, 3.05) is 10.8 Å². The van der Waals surface area contributed by atoms with Crippen molar-refractivity contribution < 1.29 is 13.5 Å². The van der Waals surface area contributed by atoms with Crippen LogP contribution >= 0.6 is 11.6 Å². The highest BCUT2D eigenvalue weighted by Crippen LogP contribution is 2.38. The maximum atomic E-state index is 12.9. The summed E-state index contributed by atoms with van der Waals surface area (Å²) in [5.41, 5.74) is 1.93. The summed E-state index contributed by atoms with van der Waals surface area (Å²) in [5.74, 6) is 0. The molecule has 1 atom stereocenters. The number of halogens is 1. The molecule has 0 fully saturated rings. The summed E-state index contributed by atoms with van der Waals surface area (Å²) >= 11 is 5.96. The second-order valence-electron chi connectivity index (χ2n) is 5.40. The fraction of sp³-hybridized carbons (Fsp3) is 0.250. The zero-order chi connectivity index (χ0) is 15.9. The number of nitrogens with zero attached hydrogens (tertiary/aromatic N) is 1. The second kappa shape index (κ2) is 5.57. The van der Waals surface area contributed by atoms with Crippen LogP contribution < -0.4 is 4.31 Å². The number of anilines is 1. The quantitative estimate of drug-likeness (QED) is 0.915. The summed E-state index contributed by atoms with van der Waals surface area (Å²) in [7, 11) is -3.66. The number of aliphatic hydroxyl groups excluding tert-OH is 1. The zero-order valence-corrected chi connectivity index (χ0v) is 13.6. The standard InChI is InChI=1S/C16H16ClNO3S/c1-11-3-2-4-13(9-11)22(20,21)18-8-7-16(19)14-10-12(17)5-6-15(14)18/h2-6,9-10,16,19H,7-8H2,1H3. The zero-order valence-electron chi connectivity index (χ0n) is 12.0. The minimum absolute atomic E-state index is 0.242. The molecule has 2 aromatic carbocycles. The van der Waals surface area contributed by atoms with Gasteiger partial charge in [-0.15, -0.1) is 0 Å². The van der Waals surface area contributed by atoms with E-state index in [0.29, 0.717) is 22.7 Å². The van der Waals surface area contributed by atoms with Crippen LogP contribution in [0.4, 0.5) is 5.69 Å². The van der Waals surface area contributed by atoms with Crippen molar-refractivity contribution in [3.63, 3.8) is 0 Å². The number of hydrogen-bond acceptors (Lipinski definition) is 3. The van der Waals surface area contributed by atoms with Gasteiger partial charge in [-0.1, -0.05) is 23.7 Å². The molecule has 1 aliphatic rings. The van der Waals surface area contributed by atoms with Gasteiger partial charge in [-0.25, -0.2) is 8.42 Å². The molecule has 0 aromatic heterocycles. The van der Waals surface area contributed by atoms with Crippen LogP contribution in [-0.2, 0) is 10.0 Å². The number of rotatable bonds is 2. The van der Waals surface area contributed by atoms with Gasteiger partial charge in [0.25, 0.3) is 10.0 Å². The number of aliphatic hydroxyl groups is 1. The average Bonchev–Trinajstić information content (AvgIpc) is 2.48. The van der Waals surface area contributed by atoms with Gasteiger partial charge in [0.1, 0.15) is 0 Å². The van der Waals surface area contributed by atoms with Gasteiger partial charge in [0.15, 0.2) is 0 Å². The lowest BCUT2D eigenvalue weighted by atomic mass is 10.0. The van der Waals surface area contributed by atoms with Crippen molar-refractivity contribution in [2.24, 2.45) is 0 Å². The molecule has 0 amide bonds. The van der Waals surface area contributed by atoms with Crippen LogP contribution in [0.15, 0.2) is 47.4 Å². The normalized spacial score (nSPS) is 18.1. The molecule has 6 heteroatoms. The van der Waals surface area contributed by atoms with Crippen LogP contribution in [0.3, 0.4) is 0 Å². The predicted molar refractivity (Wildman–Crippen MR) is 86.7 cm³/mol. The Labute approximate surface area is 135 Å². The Morgan fingerprint density at radius 1 is 1.23 bits per heavy atom. The third kappa shape index (κ3) is 2.60. The van der Waals surface area contributed by atoms with Crippen LogP contribution in [-0.4, -0.2) is 20.1 Å². The monoisotopic (exact) mass is 337 g/mol. The Balaban J connectivity index is 2.12. The fourth-order valence-corrected chi connectivity index (χ4v) is 4.48. The molecule has 0 spiro atoms. The lowest BCUT2D eigenvalue weighted by molar-refractivity contribution is 0.166. The predicted octanol–water partition coefficient (Wildman–Crippen LogP) is 3.28. The third-order valence-corrected chi connectivity index (χ3v) is 5.84. The first-order valence-corrected chi connectivity index (χ1v) is 8.78. The van der Waals surface area contributed by atoms with Gasteiger partial charge in [-0.3, -0.25) is 4.31 Å². The van der Waals surface area contributed by atoms with E-state index in [2.05, 4.69) is 0 Å². The third-order valence-electron chi connectivity index (χ3n) is 3.80. The van der Waals surface area contributed by atoms with E-state index in [1.54, 1.807) is 36.4 Å². The topological polar surface area (TPSA) is 57.6 Å². The number of fused-ring (bicyclic) bond motifs is 1. The van der Waals surface area contributed by atoms with Gasteiger partial charge in [0.2, 0.25) is 0 Å². The van der Waals surface area contributed by atoms with Crippen LogP contribution in [0, 0.1) is 6.92 Å². The molecular weight excluding hydrogens is 322 g/mol. The van der Waals surface area contributed by atoms with Crippen molar-refractivity contribution in [2.45, 2.75) is 24.3 Å². The Kier molecular flexibility index (Phi) is 3.89. The van der Waals surface area contributed by atoms with Gasteiger partial charge >= 0.3 is 0 Å². The molecule has 1 heterocycles. The van der Waals surface area contributed by atoms with E-state index in [-0.39, 0.29) is 11.4 Å². The number of sulfonamides is 1. The first kappa shape index (κ1) is 15.3. The highest BCUT2D eigenvalue weighted by atomic mass is 35.5. The van der Waals surface area contributed by atoms with Crippen molar-refractivity contribution in [3.8, 4) is 0 Å². The Bertz CT molecular complexity index is 820. The highest BCUT2D eigenvalue weighted by molar-refractivity contribution is 7.92. The van der Waals surface area contributed by atoms with E-state index in [1.165, 1.54) is 4.31 Å². The average molecular weight is 338 g/mol. The lowest BCUT2D eigenvalue weighted by Gasteiger charge is -2.33. The summed E-state index contributed by atoms with van der Waals surface area (Å²) in [5, 5.41) is 10.6. The molecule has 1 aliphatic heterocycles. The van der Waals surface area contributed by atoms with Crippen LogP contribution in [0.5, 0.6) is 0 Å². The summed E-state index contributed by atoms with van der Waals surface area (Å²) in [6.45, 7) is 2.10. The van der Waals surface area contributed by atoms with Gasteiger partial charge in [0.05, 0.1) is 16.7 Å². The van der Waals surface area contributed by atoms with Crippen LogP contribution in [0.25, 0.3) is 0 Å². The van der Waals surface area contributed by atoms with E-state index >= 15 is 0 Å². The van der Waals surface area contributed by atoms with E-state index < -0.39 is 16.1 Å². The van der Waals surface area contributed by atoms with E-state index in [4.69, 9.17) is 11.6 Å². The summed E-state index contributed by atoms with van der Waals surface area (Å²) in [6, 6.07) is 11.7. The highest BCUT2D eigenvalue weighted by Gasteiger charge is 2.32. The van der Waals surface area contributed by atoms with Crippen molar-refractivity contribution in [1.82, 2.24) is 0 Å². The molecule has 4 nitrogen and oxygen atoms in total. The Morgan fingerprint density at radius 2 is 2.00 bits per heavy atom. The molecule has 116 valence electrons. The van der Waals surface area contributed by atoms with Crippen LogP contribution in [0.2, 0.25) is 5.02 Å². The van der Waals surface area contributed by atoms with Crippen molar-refractivity contribution in [3.05, 3.63) is 58.6 Å². The summed E-state index contributed by atoms with van der Waals surface area (Å²) in [6.07, 6.45) is -0.351. The van der Waals surface area contributed by atoms with Gasteiger partial charge in [-0.05, 0) is 49.2 Å². The molecule has 1 N–H and O–H groups in total. The molecule has 22 heavy (non-hydrogen) atoms. The fourth-order valence-electron chi connectivity index (χ4n) is 2.69. The SMILES string of the molecule is Cc1cccc(S(=O)(=O)N2CCC(O)c3cc(Cl)ccc32)c1. The number of benzene rings is 2. The number of hydrogen-bond donors (Lipinski definition) is 1. The first-order chi connectivity index (χ1) is 10.4. The Morgan fingerprint density at radius 3 is 2.73 bits per heavy atom. The molecule has 2 aromatic rings. The van der Waals surface area contributed by atoms with E-state index in [0.717, 1.165) is 5.56 Å². The van der Waals surface area contributed by atoms with E-state index in [1.807, 2.05) is 13.0 Å². The molecule has 3 rings (SSSR count). The molecular formula is C16H16ClNO3S. The minimum atomic E-state index is -3.66. The number of aryl methyl sites for hydroxylation is 1. The smallest absolute Gasteiger partial charge is 0.264 e. The summed E-state index contributed by atoms with van der Waals surface area (Å²) < 4.78 is 27.2. The molecule has 0 saturated carbocycles. The van der Waals surface area contributed by atoms with Gasteiger partial charge in [-0.2, -0.15) is 0 Å². The molecule has 0 bridgehead atoms. The minimum Gasteiger partial charge on any atom is -0.388 e. The maximum absolute atomic E-state index is 12.9. The largest absolute Gasteiger partial charge is 0.388 e. The first-order valence-electron chi connectivity index (χ1n) is 6.96. The van der Waals surface area contributed by atoms with Gasteiger partial charge < -0.3 is 5.11 Å². The summed E-state index contributed by atoms with van der Waals surface area (Å²) in [4.78, 5) is 0.254. The van der Waals surface area contributed by atoms with Crippen LogP contribution in [0.1, 0.15) is 23.7 Å². The van der Waals surface area contributed by atoms with Crippen molar-refractivity contribution in [1.29, 1.82) is 0 Å². The molecule has 1 unspecified atom stereocenters. The lowest BCUT2D eigenvalue weighted by Crippen LogP contribution is -2.36.